The molecule has 20 heavy (non-hydrogen) atoms. The van der Waals surface area contributed by atoms with Crippen molar-refractivity contribution in [2.45, 2.75) is 32.9 Å². The molecular formula is C15H23FN2O2. The number of benzene rings is 1. The number of hydrogen-bond donors (Lipinski definition) is 2. The van der Waals surface area contributed by atoms with E-state index < -0.39 is 5.60 Å². The molecule has 0 aliphatic heterocycles. The number of aliphatic hydroxyl groups is 1. The molecule has 0 fully saturated rings. The summed E-state index contributed by atoms with van der Waals surface area (Å²) in [5, 5.41) is 12.4. The van der Waals surface area contributed by atoms with E-state index in [0.29, 0.717) is 18.7 Å². The fraction of sp³-hybridized carbons (Fsp3) is 0.533. The van der Waals surface area contributed by atoms with Gasteiger partial charge in [0.2, 0.25) is 5.91 Å². The van der Waals surface area contributed by atoms with E-state index in [1.54, 1.807) is 44.9 Å². The summed E-state index contributed by atoms with van der Waals surface area (Å²) in [7, 11) is 1.77. The van der Waals surface area contributed by atoms with Gasteiger partial charge in [0.1, 0.15) is 5.82 Å². The molecule has 0 saturated heterocycles. The maximum atomic E-state index is 13.4. The highest BCUT2D eigenvalue weighted by Gasteiger charge is 2.17. The SMILES string of the molecule is Cc1ccc(CNC(=O)CN(C)CC(C)(C)O)cc1F. The van der Waals surface area contributed by atoms with Gasteiger partial charge >= 0.3 is 0 Å². The number of aryl methyl sites for hydroxylation is 1. The van der Waals surface area contributed by atoms with Crippen LogP contribution in [0.15, 0.2) is 18.2 Å². The lowest BCUT2D eigenvalue weighted by Crippen LogP contribution is -2.41. The average Bonchev–Trinajstić information content (AvgIpc) is 2.28. The van der Waals surface area contributed by atoms with Crippen molar-refractivity contribution in [2.24, 2.45) is 0 Å². The van der Waals surface area contributed by atoms with Crippen LogP contribution in [0.2, 0.25) is 0 Å². The van der Waals surface area contributed by atoms with Crippen molar-refractivity contribution in [1.29, 1.82) is 0 Å². The van der Waals surface area contributed by atoms with E-state index in [2.05, 4.69) is 5.32 Å². The molecule has 0 bridgehead atoms. The molecule has 112 valence electrons. The summed E-state index contributed by atoms with van der Waals surface area (Å²) in [6.07, 6.45) is 0. The molecule has 0 aliphatic carbocycles. The number of carbonyl (C=O) groups excluding carboxylic acids is 1. The van der Waals surface area contributed by atoms with Gasteiger partial charge in [0.15, 0.2) is 0 Å². The van der Waals surface area contributed by atoms with Crippen LogP contribution in [0.5, 0.6) is 0 Å². The van der Waals surface area contributed by atoms with Gasteiger partial charge in [-0.1, -0.05) is 12.1 Å². The molecule has 1 aromatic carbocycles. The molecule has 1 rings (SSSR count). The van der Waals surface area contributed by atoms with Crippen molar-refractivity contribution in [3.05, 3.63) is 35.1 Å². The molecule has 0 heterocycles. The molecule has 4 nitrogen and oxygen atoms in total. The van der Waals surface area contributed by atoms with Crippen molar-refractivity contribution in [1.82, 2.24) is 10.2 Å². The first-order valence-electron chi connectivity index (χ1n) is 6.60. The normalized spacial score (nSPS) is 11.8. The largest absolute Gasteiger partial charge is 0.389 e. The van der Waals surface area contributed by atoms with Crippen LogP contribution in [0, 0.1) is 12.7 Å². The maximum Gasteiger partial charge on any atom is 0.234 e. The van der Waals surface area contributed by atoms with Crippen LogP contribution < -0.4 is 5.32 Å². The van der Waals surface area contributed by atoms with E-state index in [1.807, 2.05) is 0 Å². The molecule has 0 radical (unpaired) electrons. The van der Waals surface area contributed by atoms with Crippen LogP contribution in [0.3, 0.4) is 0 Å². The number of hydrogen-bond acceptors (Lipinski definition) is 3. The third-order valence-corrected chi connectivity index (χ3v) is 2.80. The highest BCUT2D eigenvalue weighted by atomic mass is 19.1. The second-order valence-corrected chi connectivity index (χ2v) is 5.84. The van der Waals surface area contributed by atoms with E-state index in [4.69, 9.17) is 0 Å². The van der Waals surface area contributed by atoms with E-state index in [0.717, 1.165) is 5.56 Å². The van der Waals surface area contributed by atoms with E-state index >= 15 is 0 Å². The van der Waals surface area contributed by atoms with Gasteiger partial charge in [-0.25, -0.2) is 4.39 Å². The molecule has 0 aromatic heterocycles. The first kappa shape index (κ1) is 16.6. The van der Waals surface area contributed by atoms with Crippen molar-refractivity contribution >= 4 is 5.91 Å². The second-order valence-electron chi connectivity index (χ2n) is 5.84. The third-order valence-electron chi connectivity index (χ3n) is 2.80. The minimum absolute atomic E-state index is 0.155. The van der Waals surface area contributed by atoms with Gasteiger partial charge in [-0.3, -0.25) is 9.69 Å². The first-order chi connectivity index (χ1) is 9.17. The van der Waals surface area contributed by atoms with E-state index in [-0.39, 0.29) is 18.3 Å². The van der Waals surface area contributed by atoms with Crippen molar-refractivity contribution in [3.63, 3.8) is 0 Å². The Kier molecular flexibility index (Phi) is 5.65. The smallest absolute Gasteiger partial charge is 0.234 e. The molecule has 0 spiro atoms. The summed E-state index contributed by atoms with van der Waals surface area (Å²) in [4.78, 5) is 13.5. The number of likely N-dealkylation sites (N-methyl/N-ethyl adjacent to an activating group) is 1. The minimum Gasteiger partial charge on any atom is -0.389 e. The molecule has 0 saturated carbocycles. The van der Waals surface area contributed by atoms with Gasteiger partial charge in [0, 0.05) is 13.1 Å². The Labute approximate surface area is 119 Å². The lowest BCUT2D eigenvalue weighted by molar-refractivity contribution is -0.122. The molecule has 5 heteroatoms. The highest BCUT2D eigenvalue weighted by molar-refractivity contribution is 5.77. The standard InChI is InChI=1S/C15H23FN2O2/c1-11-5-6-12(7-13(11)16)8-17-14(19)9-18(4)10-15(2,3)20/h5-7,20H,8-10H2,1-4H3,(H,17,19). The summed E-state index contributed by atoms with van der Waals surface area (Å²) in [5.74, 6) is -0.423. The topological polar surface area (TPSA) is 52.6 Å². The third kappa shape index (κ3) is 6.12. The van der Waals surface area contributed by atoms with Crippen LogP contribution in [-0.4, -0.2) is 41.7 Å². The maximum absolute atomic E-state index is 13.4. The molecule has 1 amide bonds. The number of nitrogens with zero attached hydrogens (tertiary/aromatic N) is 1. The van der Waals surface area contributed by atoms with E-state index in [9.17, 15) is 14.3 Å². The van der Waals surface area contributed by atoms with Crippen LogP contribution in [-0.2, 0) is 11.3 Å². The average molecular weight is 282 g/mol. The van der Waals surface area contributed by atoms with Crippen LogP contribution >= 0.6 is 0 Å². The van der Waals surface area contributed by atoms with Crippen molar-refractivity contribution in [2.75, 3.05) is 20.1 Å². The number of amides is 1. The van der Waals surface area contributed by atoms with Gasteiger partial charge in [0.25, 0.3) is 0 Å². The molecule has 2 N–H and O–H groups in total. The molecule has 0 aliphatic rings. The van der Waals surface area contributed by atoms with Crippen LogP contribution in [0.1, 0.15) is 25.0 Å². The van der Waals surface area contributed by atoms with Gasteiger partial charge in [-0.05, 0) is 45.0 Å². The Morgan fingerprint density at radius 2 is 2.10 bits per heavy atom. The quantitative estimate of drug-likeness (QED) is 0.830. The number of halogens is 1. The zero-order chi connectivity index (χ0) is 15.3. The summed E-state index contributed by atoms with van der Waals surface area (Å²) in [6, 6.07) is 4.91. The lowest BCUT2D eigenvalue weighted by atomic mass is 10.1. The summed E-state index contributed by atoms with van der Waals surface area (Å²) < 4.78 is 13.4. The summed E-state index contributed by atoms with van der Waals surface area (Å²) >= 11 is 0. The van der Waals surface area contributed by atoms with Crippen LogP contribution in [0.4, 0.5) is 4.39 Å². The van der Waals surface area contributed by atoms with Gasteiger partial charge in [-0.15, -0.1) is 0 Å². The fourth-order valence-electron chi connectivity index (χ4n) is 1.96. The zero-order valence-corrected chi connectivity index (χ0v) is 12.5. The predicted octanol–water partition coefficient (Wildman–Crippen LogP) is 1.45. The van der Waals surface area contributed by atoms with Gasteiger partial charge in [0.05, 0.1) is 12.1 Å². The van der Waals surface area contributed by atoms with E-state index in [1.165, 1.54) is 6.07 Å². The Hall–Kier alpha value is -1.46. The summed E-state index contributed by atoms with van der Waals surface area (Å²) in [5.41, 5.74) is 0.478. The zero-order valence-electron chi connectivity index (χ0n) is 12.5. The van der Waals surface area contributed by atoms with Gasteiger partial charge < -0.3 is 10.4 Å². The van der Waals surface area contributed by atoms with Crippen LogP contribution in [0.25, 0.3) is 0 Å². The molecule has 1 aromatic rings. The van der Waals surface area contributed by atoms with Crippen molar-refractivity contribution in [3.8, 4) is 0 Å². The Bertz CT molecular complexity index is 469. The molecule has 0 unspecified atom stereocenters. The monoisotopic (exact) mass is 282 g/mol. The number of rotatable bonds is 6. The second kappa shape index (κ2) is 6.81. The lowest BCUT2D eigenvalue weighted by Gasteiger charge is -2.24. The Morgan fingerprint density at radius 3 is 2.65 bits per heavy atom. The first-order valence-corrected chi connectivity index (χ1v) is 6.60. The predicted molar refractivity (Wildman–Crippen MR) is 76.8 cm³/mol. The summed E-state index contributed by atoms with van der Waals surface area (Å²) in [6.45, 7) is 5.97. The number of nitrogens with one attached hydrogen (secondary N) is 1. The highest BCUT2D eigenvalue weighted by Crippen LogP contribution is 2.09. The number of carbonyl (C=O) groups is 1. The molecular weight excluding hydrogens is 259 g/mol. The molecule has 0 atom stereocenters. The fourth-order valence-corrected chi connectivity index (χ4v) is 1.96. The minimum atomic E-state index is -0.838. The Balaban J connectivity index is 2.41. The van der Waals surface area contributed by atoms with Crippen molar-refractivity contribution < 1.29 is 14.3 Å². The Morgan fingerprint density at radius 1 is 1.45 bits per heavy atom. The van der Waals surface area contributed by atoms with Gasteiger partial charge in [-0.2, -0.15) is 0 Å².